The van der Waals surface area contributed by atoms with Gasteiger partial charge in [0.05, 0.1) is 13.0 Å². The summed E-state index contributed by atoms with van der Waals surface area (Å²) in [6, 6.07) is 11.8. The molecule has 116 valence electrons. The van der Waals surface area contributed by atoms with E-state index in [0.29, 0.717) is 17.7 Å². The quantitative estimate of drug-likeness (QED) is 0.856. The van der Waals surface area contributed by atoms with Gasteiger partial charge in [-0.1, -0.05) is 30.3 Å². The molecule has 0 aromatic heterocycles. The van der Waals surface area contributed by atoms with E-state index < -0.39 is 6.04 Å². The van der Waals surface area contributed by atoms with E-state index in [-0.39, 0.29) is 18.2 Å². The third kappa shape index (κ3) is 3.71. The highest BCUT2D eigenvalue weighted by Gasteiger charge is 2.15. The number of ether oxygens (including phenoxy) is 1. The van der Waals surface area contributed by atoms with Crippen LogP contribution in [0.4, 0.5) is 4.39 Å². The normalized spacial score (nSPS) is 12.0. The fourth-order valence-corrected chi connectivity index (χ4v) is 2.37. The fraction of sp³-hybridized carbons (Fsp3) is 0.278. The summed E-state index contributed by atoms with van der Waals surface area (Å²) < 4.78 is 19.0. The fourth-order valence-electron chi connectivity index (χ4n) is 2.37. The predicted octanol–water partition coefficient (Wildman–Crippen LogP) is 3.75. The van der Waals surface area contributed by atoms with Crippen molar-refractivity contribution in [2.24, 2.45) is 5.73 Å². The van der Waals surface area contributed by atoms with E-state index in [9.17, 15) is 9.18 Å². The summed E-state index contributed by atoms with van der Waals surface area (Å²) >= 11 is 0. The van der Waals surface area contributed by atoms with Gasteiger partial charge in [-0.15, -0.1) is 0 Å². The zero-order valence-electron chi connectivity index (χ0n) is 12.8. The molecule has 0 aliphatic rings. The van der Waals surface area contributed by atoms with Crippen LogP contribution < -0.4 is 5.73 Å². The van der Waals surface area contributed by atoms with Crippen LogP contribution in [0.2, 0.25) is 0 Å². The monoisotopic (exact) mass is 301 g/mol. The SMILES string of the molecule is CCOC(=O)C[C@H](N)c1ccc(F)c(-c2ccccc2C)c1. The topological polar surface area (TPSA) is 52.3 Å². The van der Waals surface area contributed by atoms with Gasteiger partial charge in [0.1, 0.15) is 5.82 Å². The molecule has 0 amide bonds. The molecule has 2 rings (SSSR count). The van der Waals surface area contributed by atoms with Crippen molar-refractivity contribution in [1.29, 1.82) is 0 Å². The Bertz CT molecular complexity index is 670. The summed E-state index contributed by atoms with van der Waals surface area (Å²) in [6.45, 7) is 4.00. The lowest BCUT2D eigenvalue weighted by atomic mass is 9.95. The maximum absolute atomic E-state index is 14.1. The van der Waals surface area contributed by atoms with Gasteiger partial charge in [0.15, 0.2) is 0 Å². The molecule has 4 heteroatoms. The number of nitrogens with two attached hydrogens (primary N) is 1. The Morgan fingerprint density at radius 3 is 2.64 bits per heavy atom. The molecule has 0 aliphatic heterocycles. The van der Waals surface area contributed by atoms with Crippen molar-refractivity contribution in [1.82, 2.24) is 0 Å². The number of hydrogen-bond donors (Lipinski definition) is 1. The molecule has 2 N–H and O–H groups in total. The lowest BCUT2D eigenvalue weighted by molar-refractivity contribution is -0.143. The summed E-state index contributed by atoms with van der Waals surface area (Å²) in [6.07, 6.45) is 0.0761. The average molecular weight is 301 g/mol. The zero-order chi connectivity index (χ0) is 16.1. The van der Waals surface area contributed by atoms with Crippen molar-refractivity contribution < 1.29 is 13.9 Å². The minimum absolute atomic E-state index is 0.0761. The summed E-state index contributed by atoms with van der Waals surface area (Å²) in [7, 11) is 0. The number of aryl methyl sites for hydroxylation is 1. The van der Waals surface area contributed by atoms with Crippen LogP contribution >= 0.6 is 0 Å². The molecule has 0 fully saturated rings. The molecule has 0 spiro atoms. The second-order valence-electron chi connectivity index (χ2n) is 5.17. The first kappa shape index (κ1) is 16.2. The van der Waals surface area contributed by atoms with Gasteiger partial charge in [0.2, 0.25) is 0 Å². The number of hydrogen-bond acceptors (Lipinski definition) is 3. The van der Waals surface area contributed by atoms with Crippen molar-refractivity contribution in [2.45, 2.75) is 26.3 Å². The Kier molecular flexibility index (Phi) is 5.28. The largest absolute Gasteiger partial charge is 0.466 e. The molecular weight excluding hydrogens is 281 g/mol. The number of esters is 1. The van der Waals surface area contributed by atoms with E-state index >= 15 is 0 Å². The van der Waals surface area contributed by atoms with Gasteiger partial charge in [0.25, 0.3) is 0 Å². The van der Waals surface area contributed by atoms with Crippen molar-refractivity contribution in [3.63, 3.8) is 0 Å². The van der Waals surface area contributed by atoms with Gasteiger partial charge < -0.3 is 10.5 Å². The standard InChI is InChI=1S/C18H20FNO2/c1-3-22-18(21)11-17(20)13-8-9-16(19)15(10-13)14-7-5-4-6-12(14)2/h4-10,17H,3,11,20H2,1-2H3/t17-/m0/s1. The summed E-state index contributed by atoms with van der Waals surface area (Å²) in [5.41, 5.74) is 9.06. The number of benzene rings is 2. The van der Waals surface area contributed by atoms with Gasteiger partial charge in [-0.2, -0.15) is 0 Å². The Morgan fingerprint density at radius 2 is 1.95 bits per heavy atom. The first-order valence-corrected chi connectivity index (χ1v) is 7.29. The van der Waals surface area contributed by atoms with Crippen LogP contribution in [0.3, 0.4) is 0 Å². The van der Waals surface area contributed by atoms with Crippen LogP contribution in [0.25, 0.3) is 11.1 Å². The second-order valence-corrected chi connectivity index (χ2v) is 5.17. The molecule has 0 saturated heterocycles. The number of carbonyl (C=O) groups excluding carboxylic acids is 1. The van der Waals surface area contributed by atoms with Crippen LogP contribution in [0.15, 0.2) is 42.5 Å². The van der Waals surface area contributed by atoms with Gasteiger partial charge in [0, 0.05) is 11.6 Å². The first-order chi connectivity index (χ1) is 10.5. The van der Waals surface area contributed by atoms with Gasteiger partial charge in [-0.25, -0.2) is 4.39 Å². The lowest BCUT2D eigenvalue weighted by Crippen LogP contribution is -2.17. The highest BCUT2D eigenvalue weighted by Crippen LogP contribution is 2.29. The van der Waals surface area contributed by atoms with Crippen LogP contribution in [0.1, 0.15) is 30.5 Å². The van der Waals surface area contributed by atoms with Crippen LogP contribution in [-0.2, 0) is 9.53 Å². The van der Waals surface area contributed by atoms with E-state index in [4.69, 9.17) is 10.5 Å². The summed E-state index contributed by atoms with van der Waals surface area (Å²) in [4.78, 5) is 11.5. The van der Waals surface area contributed by atoms with Crippen LogP contribution in [0.5, 0.6) is 0 Å². The molecule has 3 nitrogen and oxygen atoms in total. The molecule has 0 aliphatic carbocycles. The highest BCUT2D eigenvalue weighted by atomic mass is 19.1. The Labute approximate surface area is 129 Å². The van der Waals surface area contributed by atoms with Crippen molar-refractivity contribution in [3.05, 3.63) is 59.4 Å². The lowest BCUT2D eigenvalue weighted by Gasteiger charge is -2.14. The molecule has 1 atom stereocenters. The van der Waals surface area contributed by atoms with Crippen LogP contribution in [0, 0.1) is 12.7 Å². The van der Waals surface area contributed by atoms with E-state index in [0.717, 1.165) is 11.1 Å². The predicted molar refractivity (Wildman–Crippen MR) is 84.8 cm³/mol. The molecule has 2 aromatic rings. The van der Waals surface area contributed by atoms with E-state index in [1.807, 2.05) is 31.2 Å². The van der Waals surface area contributed by atoms with Crippen LogP contribution in [-0.4, -0.2) is 12.6 Å². The molecule has 0 heterocycles. The third-order valence-electron chi connectivity index (χ3n) is 3.55. The number of halogens is 1. The number of carbonyl (C=O) groups is 1. The second kappa shape index (κ2) is 7.18. The molecule has 0 unspecified atom stereocenters. The maximum atomic E-state index is 14.1. The van der Waals surface area contributed by atoms with Crippen molar-refractivity contribution in [2.75, 3.05) is 6.61 Å². The number of rotatable bonds is 5. The molecule has 0 bridgehead atoms. The summed E-state index contributed by atoms with van der Waals surface area (Å²) in [5.74, 6) is -0.654. The van der Waals surface area contributed by atoms with E-state index in [1.165, 1.54) is 6.07 Å². The minimum Gasteiger partial charge on any atom is -0.466 e. The molecular formula is C18H20FNO2. The Hall–Kier alpha value is -2.20. The van der Waals surface area contributed by atoms with Crippen molar-refractivity contribution in [3.8, 4) is 11.1 Å². The smallest absolute Gasteiger partial charge is 0.307 e. The van der Waals surface area contributed by atoms with Crippen molar-refractivity contribution >= 4 is 5.97 Å². The highest BCUT2D eigenvalue weighted by molar-refractivity contribution is 5.71. The molecule has 0 radical (unpaired) electrons. The Morgan fingerprint density at radius 1 is 1.23 bits per heavy atom. The molecule has 0 saturated carbocycles. The Balaban J connectivity index is 2.31. The van der Waals surface area contributed by atoms with E-state index in [1.54, 1.807) is 19.1 Å². The zero-order valence-corrected chi connectivity index (χ0v) is 12.8. The molecule has 2 aromatic carbocycles. The first-order valence-electron chi connectivity index (χ1n) is 7.29. The van der Waals surface area contributed by atoms with E-state index in [2.05, 4.69) is 0 Å². The van der Waals surface area contributed by atoms with Gasteiger partial charge in [-0.3, -0.25) is 4.79 Å². The maximum Gasteiger partial charge on any atom is 0.307 e. The van der Waals surface area contributed by atoms with Gasteiger partial charge in [-0.05, 0) is 42.7 Å². The third-order valence-corrected chi connectivity index (χ3v) is 3.55. The molecule has 22 heavy (non-hydrogen) atoms. The summed E-state index contributed by atoms with van der Waals surface area (Å²) in [5, 5.41) is 0. The average Bonchev–Trinajstić information content (AvgIpc) is 2.48. The van der Waals surface area contributed by atoms with Gasteiger partial charge >= 0.3 is 5.97 Å². The minimum atomic E-state index is -0.512.